The van der Waals surface area contributed by atoms with Crippen LogP contribution >= 0.6 is 11.8 Å². The number of carbonyl (C=O) groups excluding carboxylic acids is 1. The first-order chi connectivity index (χ1) is 10.1. The molecule has 0 aliphatic heterocycles. The largest absolute Gasteiger partial charge is 0.379 e. The molecule has 2 rings (SSSR count). The topological polar surface area (TPSA) is 55.1 Å². The van der Waals surface area contributed by atoms with Crippen molar-refractivity contribution in [1.82, 2.24) is 0 Å². The van der Waals surface area contributed by atoms with Crippen molar-refractivity contribution in [3.8, 4) is 0 Å². The zero-order valence-electron chi connectivity index (χ0n) is 12.3. The third-order valence-electron chi connectivity index (χ3n) is 3.33. The van der Waals surface area contributed by atoms with Crippen LogP contribution in [0, 0.1) is 0 Å². The summed E-state index contributed by atoms with van der Waals surface area (Å²) in [5, 5.41) is 3.45. The third-order valence-corrected chi connectivity index (χ3v) is 4.07. The molecule has 0 aromatic heterocycles. The van der Waals surface area contributed by atoms with E-state index >= 15 is 0 Å². The molecule has 0 heterocycles. The summed E-state index contributed by atoms with van der Waals surface area (Å²) in [5.41, 5.74) is 8.40. The molecule has 0 saturated carbocycles. The highest BCUT2D eigenvalue weighted by molar-refractivity contribution is 7.98. The Bertz CT molecular complexity index is 593. The maximum absolute atomic E-state index is 10.9. The zero-order chi connectivity index (χ0) is 15.2. The number of hydrogen-bond donors (Lipinski definition) is 2. The summed E-state index contributed by atoms with van der Waals surface area (Å²) in [5.74, 6) is -0.307. The van der Waals surface area contributed by atoms with Gasteiger partial charge in [-0.1, -0.05) is 24.3 Å². The van der Waals surface area contributed by atoms with Crippen molar-refractivity contribution >= 4 is 23.4 Å². The van der Waals surface area contributed by atoms with Gasteiger partial charge in [0, 0.05) is 16.6 Å². The van der Waals surface area contributed by atoms with Gasteiger partial charge in [-0.15, -0.1) is 11.8 Å². The fourth-order valence-electron chi connectivity index (χ4n) is 2.15. The summed E-state index contributed by atoms with van der Waals surface area (Å²) >= 11 is 1.74. The first-order valence-corrected chi connectivity index (χ1v) is 8.08. The lowest BCUT2D eigenvalue weighted by Crippen LogP contribution is -2.13. The predicted octanol–water partition coefficient (Wildman–Crippen LogP) is 3.61. The van der Waals surface area contributed by atoms with E-state index in [9.17, 15) is 4.79 Å². The Balaban J connectivity index is 2.01. The van der Waals surface area contributed by atoms with Gasteiger partial charge >= 0.3 is 0 Å². The highest BCUT2D eigenvalue weighted by Crippen LogP contribution is 2.22. The number of nitrogens with one attached hydrogen (secondary N) is 1. The lowest BCUT2D eigenvalue weighted by Gasteiger charge is -2.16. The third kappa shape index (κ3) is 4.53. The molecule has 0 aliphatic carbocycles. The highest BCUT2D eigenvalue weighted by Gasteiger charge is 2.05. The Morgan fingerprint density at radius 2 is 1.76 bits per heavy atom. The van der Waals surface area contributed by atoms with Gasteiger partial charge in [-0.3, -0.25) is 4.79 Å². The van der Waals surface area contributed by atoms with Gasteiger partial charge in [-0.05, 0) is 48.6 Å². The van der Waals surface area contributed by atoms with Crippen LogP contribution in [-0.4, -0.2) is 12.2 Å². The molecule has 0 bridgehead atoms. The number of anilines is 1. The van der Waals surface area contributed by atoms with Gasteiger partial charge < -0.3 is 11.1 Å². The minimum Gasteiger partial charge on any atom is -0.379 e. The van der Waals surface area contributed by atoms with Gasteiger partial charge in [0.15, 0.2) is 0 Å². The number of primary amides is 1. The number of nitrogens with two attached hydrogens (primary N) is 1. The summed E-state index contributed by atoms with van der Waals surface area (Å²) in [6.07, 6.45) is 2.36. The number of rotatable bonds is 6. The molecule has 2 aromatic carbocycles. The van der Waals surface area contributed by atoms with Gasteiger partial charge in [0.25, 0.3) is 0 Å². The van der Waals surface area contributed by atoms with Gasteiger partial charge in [0.05, 0.1) is 6.42 Å². The molecule has 110 valence electrons. The van der Waals surface area contributed by atoms with Crippen molar-refractivity contribution in [3.05, 3.63) is 59.7 Å². The van der Waals surface area contributed by atoms with Crippen LogP contribution in [0.4, 0.5) is 5.69 Å². The zero-order valence-corrected chi connectivity index (χ0v) is 13.1. The predicted molar refractivity (Wildman–Crippen MR) is 89.6 cm³/mol. The lowest BCUT2D eigenvalue weighted by molar-refractivity contribution is -0.117. The Hall–Kier alpha value is -1.94. The average Bonchev–Trinajstić information content (AvgIpc) is 2.49. The second-order valence-electron chi connectivity index (χ2n) is 4.98. The minimum atomic E-state index is -0.307. The maximum atomic E-state index is 10.9. The highest BCUT2D eigenvalue weighted by atomic mass is 32.2. The van der Waals surface area contributed by atoms with Crippen LogP contribution in [0.3, 0.4) is 0 Å². The van der Waals surface area contributed by atoms with Crippen LogP contribution in [0.1, 0.15) is 24.1 Å². The van der Waals surface area contributed by atoms with E-state index < -0.39 is 0 Å². The minimum absolute atomic E-state index is 0.225. The number of carbonyl (C=O) groups is 1. The van der Waals surface area contributed by atoms with Gasteiger partial charge in [-0.25, -0.2) is 0 Å². The van der Waals surface area contributed by atoms with E-state index in [1.54, 1.807) is 11.8 Å². The molecular formula is C17H20N2OS. The molecule has 0 aliphatic rings. The summed E-state index contributed by atoms with van der Waals surface area (Å²) in [7, 11) is 0. The van der Waals surface area contributed by atoms with Crippen LogP contribution in [0.2, 0.25) is 0 Å². The maximum Gasteiger partial charge on any atom is 0.221 e. The van der Waals surface area contributed by atoms with Crippen molar-refractivity contribution < 1.29 is 4.79 Å². The van der Waals surface area contributed by atoms with Crippen LogP contribution in [0.25, 0.3) is 0 Å². The SMILES string of the molecule is CSc1ccc(C(C)Nc2ccc(CC(N)=O)cc2)cc1. The van der Waals surface area contributed by atoms with Crippen molar-refractivity contribution in [2.45, 2.75) is 24.3 Å². The second-order valence-corrected chi connectivity index (χ2v) is 5.86. The molecule has 2 aromatic rings. The summed E-state index contributed by atoms with van der Waals surface area (Å²) in [4.78, 5) is 12.1. The molecule has 0 saturated heterocycles. The number of thioether (sulfide) groups is 1. The fraction of sp³-hybridized carbons (Fsp3) is 0.235. The van der Waals surface area contributed by atoms with E-state index in [0.717, 1.165) is 11.3 Å². The molecular weight excluding hydrogens is 280 g/mol. The van der Waals surface area contributed by atoms with Crippen molar-refractivity contribution in [2.24, 2.45) is 5.73 Å². The molecule has 21 heavy (non-hydrogen) atoms. The molecule has 0 radical (unpaired) electrons. The Kier molecular flexibility index (Phi) is 5.28. The van der Waals surface area contributed by atoms with E-state index in [1.165, 1.54) is 10.5 Å². The van der Waals surface area contributed by atoms with Crippen molar-refractivity contribution in [1.29, 1.82) is 0 Å². The fourth-order valence-corrected chi connectivity index (χ4v) is 2.55. The van der Waals surface area contributed by atoms with Crippen molar-refractivity contribution in [2.75, 3.05) is 11.6 Å². The summed E-state index contributed by atoms with van der Waals surface area (Å²) in [6.45, 7) is 2.13. The molecule has 3 N–H and O–H groups in total. The van der Waals surface area contributed by atoms with Crippen molar-refractivity contribution in [3.63, 3.8) is 0 Å². The van der Waals surface area contributed by atoms with E-state index in [4.69, 9.17) is 5.73 Å². The smallest absolute Gasteiger partial charge is 0.221 e. The Morgan fingerprint density at radius 3 is 2.29 bits per heavy atom. The van der Waals surface area contributed by atoms with Gasteiger partial charge in [0.1, 0.15) is 0 Å². The standard InChI is InChI=1S/C17H20N2OS/c1-12(14-5-9-16(21-2)10-6-14)19-15-7-3-13(4-8-15)11-17(18)20/h3-10,12,19H,11H2,1-2H3,(H2,18,20). The molecule has 3 nitrogen and oxygen atoms in total. The van der Waals surface area contributed by atoms with Gasteiger partial charge in [-0.2, -0.15) is 0 Å². The van der Waals surface area contributed by atoms with Crippen LogP contribution in [0.5, 0.6) is 0 Å². The van der Waals surface area contributed by atoms with E-state index in [0.29, 0.717) is 0 Å². The molecule has 4 heteroatoms. The van der Waals surface area contributed by atoms with Crippen LogP contribution < -0.4 is 11.1 Å². The monoisotopic (exact) mass is 300 g/mol. The Labute approximate surface area is 129 Å². The molecule has 0 fully saturated rings. The average molecular weight is 300 g/mol. The quantitative estimate of drug-likeness (QED) is 0.801. The van der Waals surface area contributed by atoms with E-state index in [2.05, 4.69) is 42.8 Å². The molecule has 1 amide bonds. The van der Waals surface area contributed by atoms with Crippen LogP contribution in [0.15, 0.2) is 53.4 Å². The number of amides is 1. The number of benzene rings is 2. The number of hydrogen-bond acceptors (Lipinski definition) is 3. The summed E-state index contributed by atoms with van der Waals surface area (Å²) in [6, 6.07) is 16.6. The molecule has 1 atom stereocenters. The van der Waals surface area contributed by atoms with Gasteiger partial charge in [0.2, 0.25) is 5.91 Å². The molecule has 1 unspecified atom stereocenters. The van der Waals surface area contributed by atoms with E-state index in [-0.39, 0.29) is 18.4 Å². The first-order valence-electron chi connectivity index (χ1n) is 6.86. The summed E-state index contributed by atoms with van der Waals surface area (Å²) < 4.78 is 0. The normalized spacial score (nSPS) is 11.9. The van der Waals surface area contributed by atoms with Crippen LogP contribution in [-0.2, 0) is 11.2 Å². The van der Waals surface area contributed by atoms with E-state index in [1.807, 2.05) is 24.3 Å². The lowest BCUT2D eigenvalue weighted by atomic mass is 10.1. The Morgan fingerprint density at radius 1 is 1.14 bits per heavy atom. The second kappa shape index (κ2) is 7.18. The molecule has 0 spiro atoms. The first kappa shape index (κ1) is 15.4.